The van der Waals surface area contributed by atoms with Crippen molar-refractivity contribution >= 4 is 22.8 Å². The molecule has 0 atom stereocenters. The molecule has 0 radical (unpaired) electrons. The van der Waals surface area contributed by atoms with Crippen LogP contribution in [0.25, 0.3) is 0 Å². The molecule has 0 bridgehead atoms. The Morgan fingerprint density at radius 1 is 1.30 bits per heavy atom. The van der Waals surface area contributed by atoms with Gasteiger partial charge in [-0.05, 0) is 6.42 Å². The van der Waals surface area contributed by atoms with E-state index in [4.69, 9.17) is 0 Å². The van der Waals surface area contributed by atoms with Crippen molar-refractivity contribution in [1.29, 1.82) is 0 Å². The van der Waals surface area contributed by atoms with Crippen molar-refractivity contribution in [1.82, 2.24) is 4.98 Å². The van der Waals surface area contributed by atoms with Gasteiger partial charge < -0.3 is 4.90 Å². The second-order valence-electron chi connectivity index (χ2n) is 5.61. The number of carbonyl (C=O) groups excluding carboxylic acids is 1. The maximum Gasteiger partial charge on any atom is 0.406 e. The van der Waals surface area contributed by atoms with Gasteiger partial charge in [-0.1, -0.05) is 39.0 Å². The van der Waals surface area contributed by atoms with E-state index in [1.54, 1.807) is 0 Å². The van der Waals surface area contributed by atoms with Crippen molar-refractivity contribution < 1.29 is 18.0 Å². The molecular weight excluding hydrogens is 289 g/mol. The summed E-state index contributed by atoms with van der Waals surface area (Å²) in [6.45, 7) is 6.67. The van der Waals surface area contributed by atoms with E-state index in [1.807, 2.05) is 27.7 Å². The summed E-state index contributed by atoms with van der Waals surface area (Å²) in [5.41, 5.74) is 0.178. The molecule has 0 spiro atoms. The molecule has 0 fully saturated rings. The molecule has 3 nitrogen and oxygen atoms in total. The number of rotatable bonds is 5. The first kappa shape index (κ1) is 16.9. The zero-order valence-corrected chi connectivity index (χ0v) is 12.9. The molecule has 7 heteroatoms. The fraction of sp³-hybridized carbons (Fsp3) is 0.692. The molecule has 20 heavy (non-hydrogen) atoms. The van der Waals surface area contributed by atoms with Gasteiger partial charge in [0.2, 0.25) is 0 Å². The lowest BCUT2D eigenvalue weighted by Gasteiger charge is -2.22. The van der Waals surface area contributed by atoms with Crippen LogP contribution in [0.15, 0.2) is 0 Å². The van der Waals surface area contributed by atoms with Crippen LogP contribution < -0.4 is 4.90 Å². The summed E-state index contributed by atoms with van der Waals surface area (Å²) in [7, 11) is 0. The van der Waals surface area contributed by atoms with Crippen molar-refractivity contribution in [2.75, 3.05) is 18.0 Å². The van der Waals surface area contributed by atoms with Gasteiger partial charge in [0.05, 0.1) is 10.6 Å². The lowest BCUT2D eigenvalue weighted by Crippen LogP contribution is -2.34. The third-order valence-corrected chi connectivity index (χ3v) is 3.64. The SMILES string of the molecule is CCCN(CC(F)(F)F)c1nc(C(C)(C)C)c(C=O)s1. The van der Waals surface area contributed by atoms with E-state index in [1.165, 1.54) is 4.90 Å². The molecule has 0 N–H and O–H groups in total. The number of aldehydes is 1. The molecule has 0 saturated carbocycles. The summed E-state index contributed by atoms with van der Waals surface area (Å²) in [4.78, 5) is 16.9. The van der Waals surface area contributed by atoms with Crippen LogP contribution in [0.2, 0.25) is 0 Å². The number of anilines is 1. The van der Waals surface area contributed by atoms with E-state index in [0.717, 1.165) is 11.3 Å². The van der Waals surface area contributed by atoms with Crippen LogP contribution in [0.5, 0.6) is 0 Å². The minimum atomic E-state index is -4.29. The first-order valence-corrected chi connectivity index (χ1v) is 7.18. The first-order valence-electron chi connectivity index (χ1n) is 6.36. The summed E-state index contributed by atoms with van der Waals surface area (Å²) < 4.78 is 37.8. The monoisotopic (exact) mass is 308 g/mol. The summed E-state index contributed by atoms with van der Waals surface area (Å²) >= 11 is 1.02. The third-order valence-electron chi connectivity index (χ3n) is 2.59. The maximum absolute atomic E-state index is 12.6. The standard InChI is InChI=1S/C13H19F3N2OS/c1-5-6-18(8-13(14,15)16)11-17-10(12(2,3)4)9(7-19)20-11/h7H,5-6,8H2,1-4H3. The Hall–Kier alpha value is -1.11. The van der Waals surface area contributed by atoms with E-state index >= 15 is 0 Å². The minimum absolute atomic E-state index is 0.259. The van der Waals surface area contributed by atoms with E-state index in [9.17, 15) is 18.0 Å². The largest absolute Gasteiger partial charge is 0.406 e. The predicted molar refractivity (Wildman–Crippen MR) is 74.8 cm³/mol. The zero-order valence-electron chi connectivity index (χ0n) is 12.0. The van der Waals surface area contributed by atoms with Gasteiger partial charge >= 0.3 is 6.18 Å². The van der Waals surface area contributed by atoms with Gasteiger partial charge in [0.25, 0.3) is 0 Å². The summed E-state index contributed by atoms with van der Waals surface area (Å²) in [5, 5.41) is 0.260. The number of hydrogen-bond donors (Lipinski definition) is 0. The zero-order chi connectivity index (χ0) is 15.6. The molecule has 114 valence electrons. The highest BCUT2D eigenvalue weighted by Gasteiger charge is 2.33. The molecule has 0 aliphatic rings. The maximum atomic E-state index is 12.6. The van der Waals surface area contributed by atoms with Gasteiger partial charge in [0.1, 0.15) is 6.54 Å². The first-order chi connectivity index (χ1) is 9.08. The third kappa shape index (κ3) is 4.47. The van der Waals surface area contributed by atoms with Gasteiger partial charge in [-0.3, -0.25) is 4.79 Å². The topological polar surface area (TPSA) is 33.2 Å². The van der Waals surface area contributed by atoms with Crippen molar-refractivity contribution in [2.45, 2.75) is 45.7 Å². The molecule has 1 rings (SSSR count). The van der Waals surface area contributed by atoms with Crippen LogP contribution in [0.1, 0.15) is 49.5 Å². The highest BCUT2D eigenvalue weighted by molar-refractivity contribution is 7.17. The summed E-state index contributed by atoms with van der Waals surface area (Å²) in [5.74, 6) is 0. The van der Waals surface area contributed by atoms with Crippen LogP contribution in [0.3, 0.4) is 0 Å². The van der Waals surface area contributed by atoms with Crippen molar-refractivity contribution in [3.63, 3.8) is 0 Å². The Labute approximate surface area is 120 Å². The second kappa shape index (κ2) is 6.11. The quantitative estimate of drug-likeness (QED) is 0.770. The lowest BCUT2D eigenvalue weighted by atomic mass is 9.91. The number of thiazole rings is 1. The molecule has 1 heterocycles. The highest BCUT2D eigenvalue weighted by atomic mass is 32.1. The lowest BCUT2D eigenvalue weighted by molar-refractivity contribution is -0.119. The Morgan fingerprint density at radius 3 is 2.25 bits per heavy atom. The molecule has 0 unspecified atom stereocenters. The van der Waals surface area contributed by atoms with E-state index in [2.05, 4.69) is 4.98 Å². The molecule has 0 aliphatic carbocycles. The average molecular weight is 308 g/mol. The molecule has 0 aromatic carbocycles. The van der Waals surface area contributed by atoms with Crippen LogP contribution >= 0.6 is 11.3 Å². The molecule has 1 aromatic heterocycles. The van der Waals surface area contributed by atoms with Crippen LogP contribution in [-0.2, 0) is 5.41 Å². The second-order valence-corrected chi connectivity index (χ2v) is 6.62. The Bertz CT molecular complexity index is 463. The Kier molecular flexibility index (Phi) is 5.18. The number of alkyl halides is 3. The summed E-state index contributed by atoms with van der Waals surface area (Å²) in [6, 6.07) is 0. The Morgan fingerprint density at radius 2 is 1.90 bits per heavy atom. The van der Waals surface area contributed by atoms with E-state index < -0.39 is 12.7 Å². The molecule has 1 aromatic rings. The van der Waals surface area contributed by atoms with Gasteiger partial charge in [0, 0.05) is 12.0 Å². The molecule has 0 amide bonds. The molecule has 0 aliphatic heterocycles. The summed E-state index contributed by atoms with van der Waals surface area (Å²) in [6.07, 6.45) is -3.04. The van der Waals surface area contributed by atoms with Gasteiger partial charge in [0.15, 0.2) is 11.4 Å². The average Bonchev–Trinajstić information content (AvgIpc) is 2.70. The number of halogens is 3. The van der Waals surface area contributed by atoms with Crippen LogP contribution in [0, 0.1) is 0 Å². The number of hydrogen-bond acceptors (Lipinski definition) is 4. The molecular formula is C13H19F3N2OS. The van der Waals surface area contributed by atoms with Crippen molar-refractivity contribution in [3.8, 4) is 0 Å². The van der Waals surface area contributed by atoms with Gasteiger partial charge in [-0.15, -0.1) is 0 Å². The van der Waals surface area contributed by atoms with Crippen molar-refractivity contribution in [3.05, 3.63) is 10.6 Å². The van der Waals surface area contributed by atoms with Gasteiger partial charge in [-0.2, -0.15) is 13.2 Å². The van der Waals surface area contributed by atoms with Crippen LogP contribution in [-0.4, -0.2) is 30.5 Å². The normalized spacial score (nSPS) is 12.6. The fourth-order valence-electron chi connectivity index (χ4n) is 1.80. The van der Waals surface area contributed by atoms with E-state index in [0.29, 0.717) is 23.3 Å². The highest BCUT2D eigenvalue weighted by Crippen LogP contribution is 2.34. The Balaban J connectivity index is 3.15. The predicted octanol–water partition coefficient (Wildman–Crippen LogP) is 4.03. The fourth-order valence-corrected chi connectivity index (χ4v) is 2.92. The van der Waals surface area contributed by atoms with Crippen molar-refractivity contribution in [2.24, 2.45) is 0 Å². The van der Waals surface area contributed by atoms with E-state index in [-0.39, 0.29) is 17.1 Å². The molecule has 0 saturated heterocycles. The van der Waals surface area contributed by atoms with Gasteiger partial charge in [-0.25, -0.2) is 4.98 Å². The number of carbonyl (C=O) groups is 1. The van der Waals surface area contributed by atoms with Crippen LogP contribution in [0.4, 0.5) is 18.3 Å². The number of aromatic nitrogens is 1. The number of nitrogens with zero attached hydrogens (tertiary/aromatic N) is 2. The minimum Gasteiger partial charge on any atom is -0.339 e. The smallest absolute Gasteiger partial charge is 0.339 e.